The Morgan fingerprint density at radius 2 is 2.11 bits per heavy atom. The first-order chi connectivity index (χ1) is 8.70. The van der Waals surface area contributed by atoms with E-state index in [2.05, 4.69) is 5.32 Å². The van der Waals surface area contributed by atoms with Crippen molar-refractivity contribution >= 4 is 18.3 Å². The summed E-state index contributed by atoms with van der Waals surface area (Å²) < 4.78 is 10.6. The largest absolute Gasteiger partial charge is 0.454 e. The van der Waals surface area contributed by atoms with Crippen molar-refractivity contribution < 1.29 is 14.3 Å². The van der Waals surface area contributed by atoms with E-state index in [9.17, 15) is 4.79 Å². The lowest BCUT2D eigenvalue weighted by Gasteiger charge is -2.17. The molecular weight excluding hydrogens is 268 g/mol. The fourth-order valence-corrected chi connectivity index (χ4v) is 1.82. The Morgan fingerprint density at radius 3 is 2.84 bits per heavy atom. The van der Waals surface area contributed by atoms with Crippen LogP contribution in [0.2, 0.25) is 0 Å². The molecule has 0 bridgehead atoms. The number of nitrogens with zero attached hydrogens (tertiary/aromatic N) is 1. The first-order valence-electron chi connectivity index (χ1n) is 5.98. The van der Waals surface area contributed by atoms with E-state index in [4.69, 9.17) is 9.47 Å². The highest BCUT2D eigenvalue weighted by Crippen LogP contribution is 2.32. The van der Waals surface area contributed by atoms with Crippen LogP contribution in [0.15, 0.2) is 18.2 Å². The number of ether oxygens (including phenoxy) is 2. The predicted molar refractivity (Wildman–Crippen MR) is 74.8 cm³/mol. The first-order valence-corrected chi connectivity index (χ1v) is 5.98. The Balaban J connectivity index is 0.00000180. The summed E-state index contributed by atoms with van der Waals surface area (Å²) in [6, 6.07) is 5.75. The monoisotopic (exact) mass is 286 g/mol. The summed E-state index contributed by atoms with van der Waals surface area (Å²) in [4.78, 5) is 13.5. The number of nitrogens with one attached hydrogen (secondary N) is 1. The van der Waals surface area contributed by atoms with Crippen molar-refractivity contribution in [2.75, 3.05) is 27.4 Å². The number of rotatable bonds is 5. The van der Waals surface area contributed by atoms with E-state index >= 15 is 0 Å². The lowest BCUT2D eigenvalue weighted by atomic mass is 10.2. The molecule has 0 aromatic heterocycles. The molecule has 0 aliphatic carbocycles. The first kappa shape index (κ1) is 15.6. The number of halogens is 1. The van der Waals surface area contributed by atoms with Crippen molar-refractivity contribution in [3.63, 3.8) is 0 Å². The molecule has 2 rings (SSSR count). The van der Waals surface area contributed by atoms with Gasteiger partial charge in [0.2, 0.25) is 12.7 Å². The Labute approximate surface area is 119 Å². The average molecular weight is 287 g/mol. The Morgan fingerprint density at radius 1 is 1.37 bits per heavy atom. The van der Waals surface area contributed by atoms with Gasteiger partial charge in [-0.2, -0.15) is 0 Å². The maximum atomic E-state index is 11.8. The molecule has 1 aromatic rings. The molecule has 6 heteroatoms. The number of benzene rings is 1. The highest BCUT2D eigenvalue weighted by atomic mass is 35.5. The number of carbonyl (C=O) groups is 1. The minimum atomic E-state index is 0. The Kier molecular flexibility index (Phi) is 5.92. The van der Waals surface area contributed by atoms with E-state index in [0.717, 1.165) is 17.1 Å². The van der Waals surface area contributed by atoms with Crippen LogP contribution in [0.3, 0.4) is 0 Å². The van der Waals surface area contributed by atoms with Gasteiger partial charge in [-0.05, 0) is 24.7 Å². The smallest absolute Gasteiger partial charge is 0.231 e. The molecule has 0 saturated carbocycles. The fraction of sp³-hybridized carbons (Fsp3) is 0.462. The molecule has 106 valence electrons. The van der Waals surface area contributed by atoms with Crippen molar-refractivity contribution in [2.24, 2.45) is 0 Å². The molecule has 5 nitrogen and oxygen atoms in total. The predicted octanol–water partition coefficient (Wildman–Crippen LogP) is 1.40. The lowest BCUT2D eigenvalue weighted by molar-refractivity contribution is -0.130. The van der Waals surface area contributed by atoms with E-state index in [-0.39, 0.29) is 25.1 Å². The summed E-state index contributed by atoms with van der Waals surface area (Å²) in [5.74, 6) is 1.65. The molecule has 0 saturated heterocycles. The van der Waals surface area contributed by atoms with Gasteiger partial charge in [0.05, 0.1) is 0 Å². The molecular formula is C13H19ClN2O3. The highest BCUT2D eigenvalue weighted by Gasteiger charge is 2.15. The summed E-state index contributed by atoms with van der Waals surface area (Å²) in [6.45, 7) is 1.55. The molecule has 1 amide bonds. The second kappa shape index (κ2) is 7.21. The van der Waals surface area contributed by atoms with Crippen LogP contribution in [0.1, 0.15) is 12.0 Å². The van der Waals surface area contributed by atoms with Crippen LogP contribution in [0, 0.1) is 0 Å². The van der Waals surface area contributed by atoms with Crippen molar-refractivity contribution in [2.45, 2.75) is 13.0 Å². The second-order valence-electron chi connectivity index (χ2n) is 4.29. The zero-order chi connectivity index (χ0) is 13.0. The van der Waals surface area contributed by atoms with Gasteiger partial charge < -0.3 is 19.7 Å². The van der Waals surface area contributed by atoms with Crippen LogP contribution in [0.5, 0.6) is 11.5 Å². The van der Waals surface area contributed by atoms with Crippen molar-refractivity contribution in [3.05, 3.63) is 23.8 Å². The third-order valence-corrected chi connectivity index (χ3v) is 2.87. The van der Waals surface area contributed by atoms with Crippen LogP contribution >= 0.6 is 12.4 Å². The molecule has 1 aliphatic heterocycles. The topological polar surface area (TPSA) is 50.8 Å². The van der Waals surface area contributed by atoms with Gasteiger partial charge >= 0.3 is 0 Å². The van der Waals surface area contributed by atoms with Crippen LogP contribution in [-0.4, -0.2) is 38.2 Å². The minimum Gasteiger partial charge on any atom is -0.454 e. The quantitative estimate of drug-likeness (QED) is 0.889. The standard InChI is InChI=1S/C13H18N2O3.ClH/c1-14-6-5-13(16)15(2)8-10-3-4-11-12(7-10)18-9-17-11;/h3-4,7,14H,5-6,8-9H2,1-2H3;1H. The van der Waals surface area contributed by atoms with Crippen LogP contribution in [0.4, 0.5) is 0 Å². The van der Waals surface area contributed by atoms with Gasteiger partial charge in [0.15, 0.2) is 11.5 Å². The van der Waals surface area contributed by atoms with Gasteiger partial charge in [-0.15, -0.1) is 12.4 Å². The molecule has 0 radical (unpaired) electrons. The summed E-state index contributed by atoms with van der Waals surface area (Å²) >= 11 is 0. The Bertz CT molecular complexity index is 440. The van der Waals surface area contributed by atoms with Gasteiger partial charge in [-0.25, -0.2) is 0 Å². The molecule has 1 aromatic carbocycles. The average Bonchev–Trinajstić information content (AvgIpc) is 2.83. The molecule has 1 N–H and O–H groups in total. The minimum absolute atomic E-state index is 0. The van der Waals surface area contributed by atoms with Crippen LogP contribution in [-0.2, 0) is 11.3 Å². The molecule has 0 spiro atoms. The highest BCUT2D eigenvalue weighted by molar-refractivity contribution is 5.85. The van der Waals surface area contributed by atoms with E-state index in [1.807, 2.05) is 32.3 Å². The van der Waals surface area contributed by atoms with Gasteiger partial charge in [-0.3, -0.25) is 4.79 Å². The van der Waals surface area contributed by atoms with Crippen molar-refractivity contribution in [1.29, 1.82) is 0 Å². The van der Waals surface area contributed by atoms with Crippen LogP contribution in [0.25, 0.3) is 0 Å². The Hall–Kier alpha value is -1.46. The van der Waals surface area contributed by atoms with Crippen molar-refractivity contribution in [3.8, 4) is 11.5 Å². The summed E-state index contributed by atoms with van der Waals surface area (Å²) in [6.07, 6.45) is 0.511. The molecule has 1 aliphatic rings. The number of fused-ring (bicyclic) bond motifs is 1. The second-order valence-corrected chi connectivity index (χ2v) is 4.29. The normalized spacial score (nSPS) is 11.9. The van der Waals surface area contributed by atoms with Gasteiger partial charge in [0.1, 0.15) is 0 Å². The fourth-order valence-electron chi connectivity index (χ4n) is 1.82. The van der Waals surface area contributed by atoms with Crippen LogP contribution < -0.4 is 14.8 Å². The molecule has 0 atom stereocenters. The zero-order valence-electron chi connectivity index (χ0n) is 11.1. The van der Waals surface area contributed by atoms with E-state index < -0.39 is 0 Å². The van der Waals surface area contributed by atoms with E-state index in [0.29, 0.717) is 19.5 Å². The SMILES string of the molecule is CNCCC(=O)N(C)Cc1ccc2c(c1)OCO2.Cl. The molecule has 1 heterocycles. The summed E-state index contributed by atoms with van der Waals surface area (Å²) in [5.41, 5.74) is 1.04. The third kappa shape index (κ3) is 4.01. The summed E-state index contributed by atoms with van der Waals surface area (Å²) in [5, 5.41) is 2.97. The van der Waals surface area contributed by atoms with E-state index in [1.165, 1.54) is 0 Å². The van der Waals surface area contributed by atoms with Crippen molar-refractivity contribution in [1.82, 2.24) is 10.2 Å². The van der Waals surface area contributed by atoms with Gasteiger partial charge in [0, 0.05) is 26.6 Å². The molecule has 0 unspecified atom stereocenters. The maximum absolute atomic E-state index is 11.8. The van der Waals surface area contributed by atoms with E-state index in [1.54, 1.807) is 4.90 Å². The number of hydrogen-bond acceptors (Lipinski definition) is 4. The lowest BCUT2D eigenvalue weighted by Crippen LogP contribution is -2.28. The third-order valence-electron chi connectivity index (χ3n) is 2.87. The molecule has 19 heavy (non-hydrogen) atoms. The zero-order valence-corrected chi connectivity index (χ0v) is 12.0. The number of carbonyl (C=O) groups excluding carboxylic acids is 1. The summed E-state index contributed by atoms with van der Waals surface area (Å²) in [7, 11) is 3.65. The number of amides is 1. The van der Waals surface area contributed by atoms with Gasteiger partial charge in [0.25, 0.3) is 0 Å². The van der Waals surface area contributed by atoms with Gasteiger partial charge in [-0.1, -0.05) is 6.07 Å². The number of hydrogen-bond donors (Lipinski definition) is 1. The maximum Gasteiger partial charge on any atom is 0.231 e. The molecule has 0 fully saturated rings.